The molecular weight excluding hydrogens is 563 g/mol. The lowest BCUT2D eigenvalue weighted by atomic mass is 9.93. The molecule has 0 unspecified atom stereocenters. The summed E-state index contributed by atoms with van der Waals surface area (Å²) in [6, 6.07) is 19.2. The molecule has 2 fully saturated rings. The van der Waals surface area contributed by atoms with E-state index < -0.39 is 17.7 Å². The summed E-state index contributed by atoms with van der Waals surface area (Å²) in [6.45, 7) is 6.33. The molecule has 0 saturated carbocycles. The van der Waals surface area contributed by atoms with Crippen LogP contribution in [0.2, 0.25) is 10.0 Å². The van der Waals surface area contributed by atoms with E-state index in [9.17, 15) is 14.7 Å². The summed E-state index contributed by atoms with van der Waals surface area (Å²) in [6.07, 6.45) is 0.654. The van der Waals surface area contributed by atoms with E-state index in [0.717, 1.165) is 25.2 Å². The third kappa shape index (κ3) is 6.60. The number of halogens is 2. The maximum atomic E-state index is 13.5. The fourth-order valence-corrected chi connectivity index (χ4v) is 5.84. The van der Waals surface area contributed by atoms with Crippen LogP contribution in [0, 0.1) is 6.92 Å². The highest BCUT2D eigenvalue weighted by atomic mass is 35.5. The number of aliphatic hydroxyl groups is 1. The highest BCUT2D eigenvalue weighted by Gasteiger charge is 2.46. The van der Waals surface area contributed by atoms with Gasteiger partial charge < -0.3 is 19.5 Å². The van der Waals surface area contributed by atoms with Gasteiger partial charge in [0.1, 0.15) is 18.1 Å². The molecule has 1 amide bonds. The van der Waals surface area contributed by atoms with E-state index in [0.29, 0.717) is 65.3 Å². The van der Waals surface area contributed by atoms with Crippen LogP contribution in [0.1, 0.15) is 34.7 Å². The van der Waals surface area contributed by atoms with Crippen molar-refractivity contribution in [2.24, 2.45) is 0 Å². The molecular formula is C32H32Cl2N2O5. The van der Waals surface area contributed by atoms with E-state index in [1.54, 1.807) is 36.4 Å². The number of carbonyl (C=O) groups is 2. The first-order valence-corrected chi connectivity index (χ1v) is 14.4. The van der Waals surface area contributed by atoms with Crippen LogP contribution < -0.4 is 4.74 Å². The quantitative estimate of drug-likeness (QED) is 0.185. The Balaban J connectivity index is 1.45. The third-order valence-corrected chi connectivity index (χ3v) is 8.04. The molecule has 0 radical (unpaired) electrons. The van der Waals surface area contributed by atoms with Crippen LogP contribution in [0.25, 0.3) is 5.76 Å². The smallest absolute Gasteiger partial charge is 0.295 e. The number of ketones is 1. The standard InChI is InChI=1S/C32H32Cl2N2O5/c1-21-18-24(41-20-22-6-3-2-4-7-22)9-11-25(21)30(37)28-29(26-10-8-23(33)19-27(26)34)36(32(39)31(28)38)13-5-12-35-14-16-40-17-15-35/h2-4,6-11,18-19,29,37H,5,12-17,20H2,1H3/b30-28+/t29-/m1/s1. The van der Waals surface area contributed by atoms with E-state index >= 15 is 0 Å². The SMILES string of the molecule is Cc1cc(OCc2ccccc2)ccc1/C(O)=C1\C(=O)C(=O)N(CCCN2CCOCC2)[C@@H]1c1ccc(Cl)cc1Cl. The summed E-state index contributed by atoms with van der Waals surface area (Å²) >= 11 is 12.8. The van der Waals surface area contributed by atoms with Gasteiger partial charge in [-0.25, -0.2) is 0 Å². The van der Waals surface area contributed by atoms with Gasteiger partial charge in [0, 0.05) is 41.8 Å². The number of rotatable bonds is 9. The number of hydrogen-bond acceptors (Lipinski definition) is 6. The molecule has 0 bridgehead atoms. The lowest BCUT2D eigenvalue weighted by Gasteiger charge is -2.29. The van der Waals surface area contributed by atoms with E-state index in [2.05, 4.69) is 4.90 Å². The Morgan fingerprint density at radius 2 is 1.76 bits per heavy atom. The molecule has 2 aliphatic rings. The van der Waals surface area contributed by atoms with Gasteiger partial charge in [0.05, 0.1) is 24.8 Å². The maximum Gasteiger partial charge on any atom is 0.295 e. The van der Waals surface area contributed by atoms with Crippen molar-refractivity contribution in [1.29, 1.82) is 0 Å². The molecule has 1 atom stereocenters. The van der Waals surface area contributed by atoms with Gasteiger partial charge in [0.2, 0.25) is 0 Å². The lowest BCUT2D eigenvalue weighted by molar-refractivity contribution is -0.140. The number of Topliss-reactive ketones (excluding diaryl/α,β-unsaturated/α-hetero) is 1. The van der Waals surface area contributed by atoms with Gasteiger partial charge in [-0.15, -0.1) is 0 Å². The number of aliphatic hydroxyl groups excluding tert-OH is 1. The number of aryl methyl sites for hydroxylation is 1. The van der Waals surface area contributed by atoms with Gasteiger partial charge in [-0.2, -0.15) is 0 Å². The number of morpholine rings is 1. The van der Waals surface area contributed by atoms with Crippen LogP contribution in [-0.4, -0.2) is 66.0 Å². The molecule has 2 aliphatic heterocycles. The minimum atomic E-state index is -0.849. The van der Waals surface area contributed by atoms with E-state index in [1.807, 2.05) is 37.3 Å². The fourth-order valence-electron chi connectivity index (χ4n) is 5.32. The molecule has 41 heavy (non-hydrogen) atoms. The fraction of sp³-hybridized carbons (Fsp3) is 0.312. The van der Waals surface area contributed by atoms with E-state index in [1.165, 1.54) is 4.90 Å². The number of amides is 1. The number of nitrogens with zero attached hydrogens (tertiary/aromatic N) is 2. The number of benzene rings is 3. The van der Waals surface area contributed by atoms with Crippen molar-refractivity contribution in [3.63, 3.8) is 0 Å². The van der Waals surface area contributed by atoms with Crippen LogP contribution in [0.15, 0.2) is 72.3 Å². The van der Waals surface area contributed by atoms with Gasteiger partial charge in [0.25, 0.3) is 11.7 Å². The molecule has 214 valence electrons. The minimum Gasteiger partial charge on any atom is -0.507 e. The highest BCUT2D eigenvalue weighted by Crippen LogP contribution is 2.43. The molecule has 3 aromatic carbocycles. The second-order valence-electron chi connectivity index (χ2n) is 10.2. The van der Waals surface area contributed by atoms with Gasteiger partial charge in [-0.3, -0.25) is 14.5 Å². The first-order valence-electron chi connectivity index (χ1n) is 13.6. The molecule has 0 aromatic heterocycles. The Morgan fingerprint density at radius 1 is 1.00 bits per heavy atom. The molecule has 3 aromatic rings. The van der Waals surface area contributed by atoms with Crippen molar-refractivity contribution in [3.05, 3.63) is 105 Å². The van der Waals surface area contributed by atoms with E-state index in [-0.39, 0.29) is 11.3 Å². The van der Waals surface area contributed by atoms with Crippen molar-refractivity contribution in [2.75, 3.05) is 39.4 Å². The lowest BCUT2D eigenvalue weighted by Crippen LogP contribution is -2.39. The Kier molecular flexibility index (Phi) is 9.30. The molecule has 2 heterocycles. The van der Waals surface area contributed by atoms with Gasteiger partial charge in [-0.05, 0) is 60.4 Å². The normalized spacial score (nSPS) is 19.1. The summed E-state index contributed by atoms with van der Waals surface area (Å²) < 4.78 is 11.4. The summed E-state index contributed by atoms with van der Waals surface area (Å²) in [5.74, 6) is -1.02. The van der Waals surface area contributed by atoms with Crippen LogP contribution >= 0.6 is 23.2 Å². The molecule has 0 aliphatic carbocycles. The number of ether oxygens (including phenoxy) is 2. The van der Waals surface area contributed by atoms with E-state index in [4.69, 9.17) is 32.7 Å². The van der Waals surface area contributed by atoms with Crippen molar-refractivity contribution >= 4 is 40.7 Å². The summed E-state index contributed by atoms with van der Waals surface area (Å²) in [7, 11) is 0. The van der Waals surface area contributed by atoms with Gasteiger partial charge in [-0.1, -0.05) is 59.6 Å². The Labute approximate surface area is 249 Å². The molecule has 2 saturated heterocycles. The second-order valence-corrected chi connectivity index (χ2v) is 11.1. The molecule has 5 rings (SSSR count). The molecule has 0 spiro atoms. The zero-order valence-electron chi connectivity index (χ0n) is 22.8. The maximum absolute atomic E-state index is 13.5. The molecule has 9 heteroatoms. The average Bonchev–Trinajstić information content (AvgIpc) is 3.22. The Hall–Kier alpha value is -3.36. The molecule has 1 N–H and O–H groups in total. The Bertz CT molecular complexity index is 1450. The second kappa shape index (κ2) is 13.1. The van der Waals surface area contributed by atoms with Crippen LogP contribution in [0.3, 0.4) is 0 Å². The largest absolute Gasteiger partial charge is 0.507 e. The average molecular weight is 596 g/mol. The van der Waals surface area contributed by atoms with Crippen molar-refractivity contribution < 1.29 is 24.2 Å². The zero-order chi connectivity index (χ0) is 28.9. The summed E-state index contributed by atoms with van der Waals surface area (Å²) in [5.41, 5.74) is 2.71. The van der Waals surface area contributed by atoms with Gasteiger partial charge in [0.15, 0.2) is 0 Å². The summed E-state index contributed by atoms with van der Waals surface area (Å²) in [4.78, 5) is 30.6. The predicted octanol–water partition coefficient (Wildman–Crippen LogP) is 6.02. The van der Waals surface area contributed by atoms with Crippen LogP contribution in [-0.2, 0) is 20.9 Å². The first-order chi connectivity index (χ1) is 19.8. The summed E-state index contributed by atoms with van der Waals surface area (Å²) in [5, 5.41) is 12.3. The highest BCUT2D eigenvalue weighted by molar-refractivity contribution is 6.47. The van der Waals surface area contributed by atoms with Gasteiger partial charge >= 0.3 is 0 Å². The van der Waals surface area contributed by atoms with Crippen molar-refractivity contribution in [3.8, 4) is 5.75 Å². The minimum absolute atomic E-state index is 0.00616. The van der Waals surface area contributed by atoms with Crippen molar-refractivity contribution in [1.82, 2.24) is 9.80 Å². The number of hydrogen-bond donors (Lipinski definition) is 1. The number of likely N-dealkylation sites (tertiary alicyclic amines) is 1. The van der Waals surface area contributed by atoms with Crippen LogP contribution in [0.5, 0.6) is 5.75 Å². The Morgan fingerprint density at radius 3 is 2.46 bits per heavy atom. The monoisotopic (exact) mass is 594 g/mol. The first kappa shape index (κ1) is 29.1. The number of carbonyl (C=O) groups excluding carboxylic acids is 2. The van der Waals surface area contributed by atoms with Crippen molar-refractivity contribution in [2.45, 2.75) is 26.0 Å². The van der Waals surface area contributed by atoms with Crippen LogP contribution in [0.4, 0.5) is 0 Å². The zero-order valence-corrected chi connectivity index (χ0v) is 24.3. The topological polar surface area (TPSA) is 79.3 Å². The predicted molar refractivity (Wildman–Crippen MR) is 159 cm³/mol. The third-order valence-electron chi connectivity index (χ3n) is 7.48. The molecule has 7 nitrogen and oxygen atoms in total.